The number of carbonyl (C=O) groups excluding carboxylic acids is 1. The smallest absolute Gasteiger partial charge is 0.267 e. The van der Waals surface area contributed by atoms with Gasteiger partial charge < -0.3 is 15.4 Å². The summed E-state index contributed by atoms with van der Waals surface area (Å²) in [6.45, 7) is 0.624. The Balaban J connectivity index is 1.35. The minimum atomic E-state index is -0.789. The zero-order valence-electron chi connectivity index (χ0n) is 19.2. The molecule has 2 aromatic carbocycles. The number of fused-ring (bicyclic) bond motifs is 1. The lowest BCUT2D eigenvalue weighted by Gasteiger charge is -2.32. The first-order chi connectivity index (χ1) is 17.1. The molecule has 0 fully saturated rings. The number of anilines is 1. The molecule has 2 aromatic heterocycles. The second kappa shape index (κ2) is 9.79. The molecule has 0 spiro atoms. The maximum Gasteiger partial charge on any atom is 0.267 e. The van der Waals surface area contributed by atoms with E-state index in [4.69, 9.17) is 10.00 Å². The van der Waals surface area contributed by atoms with Crippen LogP contribution in [0.4, 0.5) is 5.69 Å². The molecule has 0 bridgehead atoms. The summed E-state index contributed by atoms with van der Waals surface area (Å²) in [7, 11) is 1.85. The fourth-order valence-corrected chi connectivity index (χ4v) is 4.14. The van der Waals surface area contributed by atoms with Crippen molar-refractivity contribution < 1.29 is 9.53 Å². The number of nitrogens with one attached hydrogen (secondary N) is 2. The number of rotatable bonds is 7. The molecule has 1 aliphatic rings. The third kappa shape index (κ3) is 4.90. The van der Waals surface area contributed by atoms with Crippen molar-refractivity contribution in [2.24, 2.45) is 7.05 Å². The van der Waals surface area contributed by atoms with Crippen LogP contribution in [0.3, 0.4) is 0 Å². The Kier molecular flexibility index (Phi) is 6.24. The summed E-state index contributed by atoms with van der Waals surface area (Å²) in [6.07, 6.45) is 5.32. The minimum Gasteiger partial charge on any atom is -0.461 e. The van der Waals surface area contributed by atoms with Gasteiger partial charge >= 0.3 is 0 Å². The second-order valence-corrected chi connectivity index (χ2v) is 8.41. The van der Waals surface area contributed by atoms with E-state index in [1.807, 2.05) is 73.9 Å². The van der Waals surface area contributed by atoms with Crippen LogP contribution < -0.4 is 15.4 Å². The van der Waals surface area contributed by atoms with E-state index in [1.54, 1.807) is 17.1 Å². The average Bonchev–Trinajstić information content (AvgIpc) is 3.33. The van der Waals surface area contributed by atoms with Crippen molar-refractivity contribution in [3.63, 3.8) is 0 Å². The number of nitrogens with zero attached hydrogens (tertiary/aromatic N) is 4. The lowest BCUT2D eigenvalue weighted by atomic mass is 9.99. The third-order valence-electron chi connectivity index (χ3n) is 5.97. The van der Waals surface area contributed by atoms with Gasteiger partial charge in [-0.2, -0.15) is 10.4 Å². The minimum absolute atomic E-state index is 0.234. The van der Waals surface area contributed by atoms with Gasteiger partial charge in [-0.25, -0.2) is 4.98 Å². The molecule has 35 heavy (non-hydrogen) atoms. The van der Waals surface area contributed by atoms with Crippen LogP contribution in [0.5, 0.6) is 5.88 Å². The lowest BCUT2D eigenvalue weighted by Crippen LogP contribution is -2.47. The van der Waals surface area contributed by atoms with Crippen molar-refractivity contribution in [3.8, 4) is 23.1 Å². The van der Waals surface area contributed by atoms with Gasteiger partial charge in [-0.3, -0.25) is 9.48 Å². The highest BCUT2D eigenvalue weighted by molar-refractivity contribution is 5.98. The lowest BCUT2D eigenvalue weighted by molar-refractivity contribution is -0.125. The molecule has 5 rings (SSSR count). The molecule has 0 unspecified atom stereocenters. The molecular weight excluding hydrogens is 440 g/mol. The molecule has 3 heterocycles. The van der Waals surface area contributed by atoms with Crippen LogP contribution in [0.2, 0.25) is 0 Å². The van der Waals surface area contributed by atoms with E-state index in [2.05, 4.69) is 26.8 Å². The number of aryl methyl sites for hydroxylation is 1. The highest BCUT2D eigenvalue weighted by Gasteiger charge is 2.36. The number of nitriles is 1. The van der Waals surface area contributed by atoms with Gasteiger partial charge in [-0.15, -0.1) is 0 Å². The number of pyridine rings is 1. The summed E-state index contributed by atoms with van der Waals surface area (Å²) in [6, 6.07) is 20.9. The number of carbonyl (C=O) groups is 1. The molecule has 2 N–H and O–H groups in total. The Morgan fingerprint density at radius 2 is 1.94 bits per heavy atom. The maximum atomic E-state index is 13.2. The second-order valence-electron chi connectivity index (χ2n) is 8.41. The van der Waals surface area contributed by atoms with Gasteiger partial charge in [-0.1, -0.05) is 42.5 Å². The van der Waals surface area contributed by atoms with E-state index in [9.17, 15) is 4.79 Å². The largest absolute Gasteiger partial charge is 0.461 e. The third-order valence-corrected chi connectivity index (χ3v) is 5.97. The van der Waals surface area contributed by atoms with Crippen molar-refractivity contribution in [1.82, 2.24) is 20.1 Å². The number of aromatic nitrogens is 3. The Morgan fingerprint density at radius 1 is 1.14 bits per heavy atom. The van der Waals surface area contributed by atoms with Crippen molar-refractivity contribution in [2.75, 3.05) is 11.9 Å². The number of ether oxygens (including phenoxy) is 1. The average molecular weight is 465 g/mol. The molecular formula is C27H24N6O2. The van der Waals surface area contributed by atoms with E-state index in [0.717, 1.165) is 28.7 Å². The van der Waals surface area contributed by atoms with Gasteiger partial charge in [0.2, 0.25) is 5.88 Å². The summed E-state index contributed by atoms with van der Waals surface area (Å²) in [5.74, 6) is 0.152. The van der Waals surface area contributed by atoms with E-state index in [0.29, 0.717) is 23.7 Å². The van der Waals surface area contributed by atoms with Crippen molar-refractivity contribution in [2.45, 2.75) is 18.6 Å². The molecule has 4 aromatic rings. The predicted molar refractivity (Wildman–Crippen MR) is 132 cm³/mol. The number of hydrogen-bond acceptors (Lipinski definition) is 6. The summed E-state index contributed by atoms with van der Waals surface area (Å²) in [5, 5.41) is 19.7. The van der Waals surface area contributed by atoms with Gasteiger partial charge in [0, 0.05) is 30.6 Å². The monoisotopic (exact) mass is 464 g/mol. The van der Waals surface area contributed by atoms with Crippen molar-refractivity contribution in [1.29, 1.82) is 5.26 Å². The van der Waals surface area contributed by atoms with Gasteiger partial charge in [0.05, 0.1) is 23.9 Å². The van der Waals surface area contributed by atoms with E-state index in [-0.39, 0.29) is 11.9 Å². The summed E-state index contributed by atoms with van der Waals surface area (Å²) in [5.41, 5.74) is 4.98. The molecule has 174 valence electrons. The van der Waals surface area contributed by atoms with Crippen LogP contribution in [0.25, 0.3) is 11.1 Å². The first-order valence-corrected chi connectivity index (χ1v) is 11.3. The Bertz CT molecular complexity index is 1380. The van der Waals surface area contributed by atoms with Crippen LogP contribution in [-0.4, -0.2) is 33.3 Å². The normalized spacial score (nSPS) is 15.4. The Labute approximate surface area is 203 Å². The molecule has 1 aliphatic heterocycles. The zero-order valence-corrected chi connectivity index (χ0v) is 19.2. The molecule has 8 heteroatoms. The van der Waals surface area contributed by atoms with E-state index in [1.165, 1.54) is 0 Å². The van der Waals surface area contributed by atoms with E-state index < -0.39 is 6.10 Å². The fraction of sp³-hybridized carbons (Fsp3) is 0.185. The molecule has 8 nitrogen and oxygen atoms in total. The first kappa shape index (κ1) is 22.3. The van der Waals surface area contributed by atoms with Gasteiger partial charge in [0.1, 0.15) is 5.69 Å². The fourth-order valence-electron chi connectivity index (χ4n) is 4.14. The Morgan fingerprint density at radius 3 is 2.66 bits per heavy atom. The zero-order chi connectivity index (χ0) is 24.2. The quantitative estimate of drug-likeness (QED) is 0.433. The molecule has 0 aliphatic carbocycles. The molecule has 1 amide bonds. The van der Waals surface area contributed by atoms with Crippen LogP contribution in [0.15, 0.2) is 79.3 Å². The summed E-state index contributed by atoms with van der Waals surface area (Å²) >= 11 is 0. The molecule has 0 saturated carbocycles. The van der Waals surface area contributed by atoms with Crippen LogP contribution in [-0.2, 0) is 18.3 Å². The Hall–Kier alpha value is -4.48. The highest BCUT2D eigenvalue weighted by Crippen LogP contribution is 2.34. The van der Waals surface area contributed by atoms with Gasteiger partial charge in [0.25, 0.3) is 5.91 Å². The van der Waals surface area contributed by atoms with Gasteiger partial charge in [-0.05, 0) is 42.3 Å². The SMILES string of the molecule is Cn1cc(-c2cnc3c(c2)NC(=O)[C@@H]([C@H](NCCc2ccc(C#N)cc2)c2ccccc2)O3)cn1. The van der Waals surface area contributed by atoms with E-state index >= 15 is 0 Å². The summed E-state index contributed by atoms with van der Waals surface area (Å²) in [4.78, 5) is 17.7. The molecule has 0 saturated heterocycles. The molecule has 2 atom stereocenters. The van der Waals surface area contributed by atoms with Gasteiger partial charge in [0.15, 0.2) is 6.10 Å². The standard InChI is InChI=1S/C27H24N6O2/c1-33-17-22(16-31-33)21-13-23-27(30-15-21)35-25(26(34)32-23)24(20-5-3-2-4-6-20)29-12-11-18-7-9-19(14-28)10-8-18/h2-10,13,15-17,24-25,29H,11-12H2,1H3,(H,32,34)/t24-,25-/m1/s1. The number of benzene rings is 2. The van der Waals surface area contributed by atoms with Crippen LogP contribution >= 0.6 is 0 Å². The molecule has 0 radical (unpaired) electrons. The first-order valence-electron chi connectivity index (χ1n) is 11.3. The number of amides is 1. The topological polar surface area (TPSA) is 105 Å². The predicted octanol–water partition coefficient (Wildman–Crippen LogP) is 3.63. The summed E-state index contributed by atoms with van der Waals surface area (Å²) < 4.78 is 7.86. The maximum absolute atomic E-state index is 13.2. The van der Waals surface area contributed by atoms with Crippen LogP contribution in [0.1, 0.15) is 22.7 Å². The van der Waals surface area contributed by atoms with Crippen molar-refractivity contribution in [3.05, 3.63) is 95.9 Å². The highest BCUT2D eigenvalue weighted by atomic mass is 16.5. The van der Waals surface area contributed by atoms with Crippen molar-refractivity contribution >= 4 is 11.6 Å². The number of hydrogen-bond donors (Lipinski definition) is 2. The van der Waals surface area contributed by atoms with Crippen LogP contribution in [0, 0.1) is 11.3 Å².